The Morgan fingerprint density at radius 3 is 2.40 bits per heavy atom. The first-order valence-electron chi connectivity index (χ1n) is 5.23. The summed E-state index contributed by atoms with van der Waals surface area (Å²) in [5, 5.41) is 0. The molecule has 0 aromatic carbocycles. The minimum atomic E-state index is -3.16. The van der Waals surface area contributed by atoms with E-state index in [2.05, 4.69) is 9.62 Å². The van der Waals surface area contributed by atoms with Crippen LogP contribution in [0.1, 0.15) is 0 Å². The van der Waals surface area contributed by atoms with E-state index in [0.717, 1.165) is 32.8 Å². The molecule has 0 aromatic heterocycles. The maximum atomic E-state index is 11.4. The molecule has 0 amide bonds. The highest BCUT2D eigenvalue weighted by molar-refractivity contribution is 7.87. The number of hydrogen-bond acceptors (Lipinski definition) is 4. The molecule has 0 spiro atoms. The van der Waals surface area contributed by atoms with E-state index in [0.29, 0.717) is 19.6 Å². The Bertz CT molecular complexity index is 296. The van der Waals surface area contributed by atoms with Crippen molar-refractivity contribution in [3.05, 3.63) is 0 Å². The molecular formula is C8H17N3O3S. The minimum Gasteiger partial charge on any atom is -0.379 e. The molecule has 0 unspecified atom stereocenters. The molecule has 2 rings (SSSR count). The van der Waals surface area contributed by atoms with Crippen molar-refractivity contribution < 1.29 is 13.2 Å². The molecule has 0 atom stereocenters. The first-order chi connectivity index (χ1) is 7.18. The van der Waals surface area contributed by atoms with Crippen LogP contribution in [0.3, 0.4) is 0 Å². The van der Waals surface area contributed by atoms with Gasteiger partial charge in [0, 0.05) is 39.3 Å². The van der Waals surface area contributed by atoms with Gasteiger partial charge in [0.05, 0.1) is 13.2 Å². The minimum absolute atomic E-state index is 0.485. The lowest BCUT2D eigenvalue weighted by atomic mass is 10.4. The van der Waals surface area contributed by atoms with Crippen molar-refractivity contribution >= 4 is 10.2 Å². The molecule has 0 aliphatic carbocycles. The fourth-order valence-electron chi connectivity index (χ4n) is 1.53. The molecule has 6 nitrogen and oxygen atoms in total. The molecule has 7 heteroatoms. The van der Waals surface area contributed by atoms with Crippen LogP contribution in [-0.2, 0) is 14.9 Å². The summed E-state index contributed by atoms with van der Waals surface area (Å²) in [4.78, 5) is 2.20. The zero-order chi connectivity index (χ0) is 10.7. The van der Waals surface area contributed by atoms with E-state index in [4.69, 9.17) is 4.74 Å². The molecule has 2 heterocycles. The Labute approximate surface area is 90.4 Å². The molecule has 15 heavy (non-hydrogen) atoms. The van der Waals surface area contributed by atoms with E-state index in [1.165, 1.54) is 4.31 Å². The molecule has 88 valence electrons. The van der Waals surface area contributed by atoms with E-state index in [-0.39, 0.29) is 0 Å². The van der Waals surface area contributed by atoms with Crippen LogP contribution in [0.4, 0.5) is 0 Å². The number of hydrogen-bond donors (Lipinski definition) is 1. The van der Waals surface area contributed by atoms with E-state index in [1.807, 2.05) is 0 Å². The molecular weight excluding hydrogens is 218 g/mol. The third-order valence-electron chi connectivity index (χ3n) is 2.56. The Morgan fingerprint density at radius 2 is 1.80 bits per heavy atom. The second kappa shape index (κ2) is 4.75. The molecule has 2 saturated heterocycles. The number of rotatable bonds is 5. The van der Waals surface area contributed by atoms with Crippen LogP contribution in [0.15, 0.2) is 0 Å². The molecule has 2 aliphatic rings. The summed E-state index contributed by atoms with van der Waals surface area (Å²) in [6.45, 7) is 5.85. The van der Waals surface area contributed by atoms with Gasteiger partial charge in [-0.25, -0.2) is 4.72 Å². The molecule has 2 aliphatic heterocycles. The molecule has 1 N–H and O–H groups in total. The van der Waals surface area contributed by atoms with Crippen LogP contribution in [0, 0.1) is 0 Å². The molecule has 0 radical (unpaired) electrons. The smallest absolute Gasteiger partial charge is 0.279 e. The molecule has 2 fully saturated rings. The maximum absolute atomic E-state index is 11.4. The van der Waals surface area contributed by atoms with E-state index in [1.54, 1.807) is 0 Å². The fourth-order valence-corrected chi connectivity index (χ4v) is 2.62. The Morgan fingerprint density at radius 1 is 1.13 bits per heavy atom. The van der Waals surface area contributed by atoms with Gasteiger partial charge in [-0.2, -0.15) is 12.7 Å². The fraction of sp³-hybridized carbons (Fsp3) is 1.00. The van der Waals surface area contributed by atoms with Crippen molar-refractivity contribution in [2.75, 3.05) is 52.5 Å². The predicted octanol–water partition coefficient (Wildman–Crippen LogP) is -1.53. The first kappa shape index (κ1) is 11.3. The zero-order valence-electron chi connectivity index (χ0n) is 8.68. The second-order valence-electron chi connectivity index (χ2n) is 3.75. The lowest BCUT2D eigenvalue weighted by molar-refractivity contribution is 0.0390. The van der Waals surface area contributed by atoms with Crippen LogP contribution in [0.2, 0.25) is 0 Å². The predicted molar refractivity (Wildman–Crippen MR) is 55.8 cm³/mol. The summed E-state index contributed by atoms with van der Waals surface area (Å²) in [6, 6.07) is 0. The van der Waals surface area contributed by atoms with Gasteiger partial charge in [-0.1, -0.05) is 0 Å². The van der Waals surface area contributed by atoms with E-state index >= 15 is 0 Å². The number of nitrogens with one attached hydrogen (secondary N) is 1. The summed E-state index contributed by atoms with van der Waals surface area (Å²) in [5.41, 5.74) is 0. The van der Waals surface area contributed by atoms with Gasteiger partial charge >= 0.3 is 0 Å². The topological polar surface area (TPSA) is 61.6 Å². The number of ether oxygens (including phenoxy) is 1. The monoisotopic (exact) mass is 235 g/mol. The van der Waals surface area contributed by atoms with Gasteiger partial charge in [0.15, 0.2) is 0 Å². The number of morpholine rings is 1. The Hall–Kier alpha value is -0.210. The van der Waals surface area contributed by atoms with Gasteiger partial charge < -0.3 is 4.74 Å². The van der Waals surface area contributed by atoms with Gasteiger partial charge in [0.1, 0.15) is 0 Å². The summed E-state index contributed by atoms with van der Waals surface area (Å²) >= 11 is 0. The van der Waals surface area contributed by atoms with Gasteiger partial charge in [0.2, 0.25) is 0 Å². The van der Waals surface area contributed by atoms with Gasteiger partial charge in [0.25, 0.3) is 10.2 Å². The van der Waals surface area contributed by atoms with Crippen LogP contribution < -0.4 is 4.72 Å². The van der Waals surface area contributed by atoms with Crippen molar-refractivity contribution in [2.24, 2.45) is 0 Å². The van der Waals surface area contributed by atoms with Crippen molar-refractivity contribution in [1.82, 2.24) is 13.9 Å². The van der Waals surface area contributed by atoms with Crippen molar-refractivity contribution in [3.63, 3.8) is 0 Å². The number of nitrogens with zero attached hydrogens (tertiary/aromatic N) is 2. The normalized spacial score (nSPS) is 24.3. The quantitative estimate of drug-likeness (QED) is 0.587. The van der Waals surface area contributed by atoms with Gasteiger partial charge in [-0.05, 0) is 0 Å². The average Bonchev–Trinajstić information content (AvgIpc) is 3.02. The van der Waals surface area contributed by atoms with Crippen molar-refractivity contribution in [3.8, 4) is 0 Å². The molecule has 0 bridgehead atoms. The highest BCUT2D eigenvalue weighted by atomic mass is 32.2. The molecule has 0 saturated carbocycles. The zero-order valence-corrected chi connectivity index (χ0v) is 9.50. The third kappa shape index (κ3) is 3.39. The standard InChI is InChI=1S/C8H17N3O3S/c12-15(13,11-3-4-11)9-1-2-10-5-7-14-8-6-10/h9H,1-8H2. The van der Waals surface area contributed by atoms with E-state index in [9.17, 15) is 8.42 Å². The highest BCUT2D eigenvalue weighted by Crippen LogP contribution is 2.08. The summed E-state index contributed by atoms with van der Waals surface area (Å²) in [5.74, 6) is 0. The SMILES string of the molecule is O=S(=O)(NCCN1CCOCC1)N1CC1. The Balaban J connectivity index is 1.65. The largest absolute Gasteiger partial charge is 0.379 e. The summed E-state index contributed by atoms with van der Waals surface area (Å²) < 4.78 is 32.0. The summed E-state index contributed by atoms with van der Waals surface area (Å²) in [7, 11) is -3.16. The Kier molecular flexibility index (Phi) is 3.57. The average molecular weight is 235 g/mol. The highest BCUT2D eigenvalue weighted by Gasteiger charge is 2.31. The molecule has 0 aromatic rings. The van der Waals surface area contributed by atoms with E-state index < -0.39 is 10.2 Å². The lowest BCUT2D eigenvalue weighted by Gasteiger charge is -2.26. The third-order valence-corrected chi connectivity index (χ3v) is 4.18. The van der Waals surface area contributed by atoms with Gasteiger partial charge in [-0.15, -0.1) is 0 Å². The second-order valence-corrected chi connectivity index (χ2v) is 5.51. The first-order valence-corrected chi connectivity index (χ1v) is 6.67. The van der Waals surface area contributed by atoms with Crippen molar-refractivity contribution in [1.29, 1.82) is 0 Å². The van der Waals surface area contributed by atoms with Crippen LogP contribution in [0.5, 0.6) is 0 Å². The van der Waals surface area contributed by atoms with Crippen LogP contribution in [-0.4, -0.2) is 70.1 Å². The summed E-state index contributed by atoms with van der Waals surface area (Å²) in [6.07, 6.45) is 0. The lowest BCUT2D eigenvalue weighted by Crippen LogP contribution is -2.42. The van der Waals surface area contributed by atoms with Crippen LogP contribution in [0.25, 0.3) is 0 Å². The van der Waals surface area contributed by atoms with Crippen molar-refractivity contribution in [2.45, 2.75) is 0 Å². The van der Waals surface area contributed by atoms with Crippen LogP contribution >= 0.6 is 0 Å². The maximum Gasteiger partial charge on any atom is 0.279 e. The van der Waals surface area contributed by atoms with Gasteiger partial charge in [-0.3, -0.25) is 4.90 Å².